The standard InChI is InChI=1S/C25H18F5N5O2/c1-34-11-16-10-17(5-8-19(16)33-34)35-12-15-4-9-20(31-13-25(28,29)30)32-22(15)21(23(35)36)14-2-6-18(7-3-14)37-24(26)27/h2-12,24H,13H2,1H3,(H,31,32). The molecule has 190 valence electrons. The smallest absolute Gasteiger partial charge is 0.405 e. The minimum Gasteiger partial charge on any atom is -0.435 e. The van der Waals surface area contributed by atoms with E-state index in [9.17, 15) is 26.7 Å². The molecule has 5 rings (SSSR count). The summed E-state index contributed by atoms with van der Waals surface area (Å²) in [5.74, 6) is -0.181. The quantitative estimate of drug-likeness (QED) is 0.302. The van der Waals surface area contributed by atoms with Crippen molar-refractivity contribution in [2.24, 2.45) is 7.05 Å². The molecular formula is C25H18F5N5O2. The van der Waals surface area contributed by atoms with Crippen LogP contribution in [0.3, 0.4) is 0 Å². The molecule has 0 aliphatic carbocycles. The van der Waals surface area contributed by atoms with E-state index >= 15 is 0 Å². The zero-order chi connectivity index (χ0) is 26.3. The summed E-state index contributed by atoms with van der Waals surface area (Å²) < 4.78 is 70.8. The van der Waals surface area contributed by atoms with Crippen LogP contribution in [0.1, 0.15) is 0 Å². The van der Waals surface area contributed by atoms with Gasteiger partial charge in [0.2, 0.25) is 0 Å². The Bertz CT molecular complexity index is 1660. The fourth-order valence-corrected chi connectivity index (χ4v) is 4.02. The second kappa shape index (κ2) is 9.19. The molecule has 0 aliphatic rings. The van der Waals surface area contributed by atoms with Crippen LogP contribution in [-0.2, 0) is 7.05 Å². The molecule has 0 bridgehead atoms. The molecule has 0 saturated carbocycles. The molecule has 2 aromatic carbocycles. The van der Waals surface area contributed by atoms with Crippen LogP contribution in [0.5, 0.6) is 5.75 Å². The van der Waals surface area contributed by atoms with Gasteiger partial charge in [-0.3, -0.25) is 14.0 Å². The number of alkyl halides is 5. The van der Waals surface area contributed by atoms with Crippen LogP contribution in [-0.4, -0.2) is 38.7 Å². The topological polar surface area (TPSA) is 74.0 Å². The molecule has 0 atom stereocenters. The molecule has 5 aromatic rings. The van der Waals surface area contributed by atoms with E-state index in [2.05, 4.69) is 20.1 Å². The van der Waals surface area contributed by atoms with E-state index in [1.807, 2.05) is 0 Å². The van der Waals surface area contributed by atoms with Crippen LogP contribution in [0.15, 0.2) is 71.8 Å². The van der Waals surface area contributed by atoms with E-state index in [1.165, 1.54) is 34.9 Å². The summed E-state index contributed by atoms with van der Waals surface area (Å²) in [7, 11) is 1.78. The zero-order valence-corrected chi connectivity index (χ0v) is 19.1. The third-order valence-electron chi connectivity index (χ3n) is 5.58. The minimum atomic E-state index is -4.46. The van der Waals surface area contributed by atoms with Crippen LogP contribution < -0.4 is 15.6 Å². The van der Waals surface area contributed by atoms with Gasteiger partial charge in [0.15, 0.2) is 0 Å². The lowest BCUT2D eigenvalue weighted by Crippen LogP contribution is -2.22. The molecule has 0 saturated heterocycles. The summed E-state index contributed by atoms with van der Waals surface area (Å²) in [6, 6.07) is 13.6. The number of nitrogens with zero attached hydrogens (tertiary/aromatic N) is 4. The Morgan fingerprint density at radius 3 is 2.46 bits per heavy atom. The highest BCUT2D eigenvalue weighted by Gasteiger charge is 2.27. The predicted molar refractivity (Wildman–Crippen MR) is 128 cm³/mol. The molecule has 0 spiro atoms. The molecule has 0 unspecified atom stereocenters. The van der Waals surface area contributed by atoms with Crippen LogP contribution in [0.25, 0.3) is 38.6 Å². The summed E-state index contributed by atoms with van der Waals surface area (Å²) >= 11 is 0. The molecule has 3 aromatic heterocycles. The number of aromatic nitrogens is 4. The van der Waals surface area contributed by atoms with Gasteiger partial charge in [0.1, 0.15) is 18.1 Å². The van der Waals surface area contributed by atoms with Crippen molar-refractivity contribution in [3.63, 3.8) is 0 Å². The number of hydrogen-bond donors (Lipinski definition) is 1. The first-order chi connectivity index (χ1) is 17.6. The summed E-state index contributed by atoms with van der Waals surface area (Å²) in [6.45, 7) is -4.32. The first-order valence-electron chi connectivity index (χ1n) is 10.9. The van der Waals surface area contributed by atoms with Gasteiger partial charge in [0.25, 0.3) is 5.56 Å². The number of anilines is 1. The van der Waals surface area contributed by atoms with E-state index in [-0.39, 0.29) is 22.6 Å². The van der Waals surface area contributed by atoms with Gasteiger partial charge < -0.3 is 10.1 Å². The van der Waals surface area contributed by atoms with E-state index < -0.39 is 24.9 Å². The summed E-state index contributed by atoms with van der Waals surface area (Å²) in [5, 5.41) is 7.82. The Morgan fingerprint density at radius 1 is 1.00 bits per heavy atom. The van der Waals surface area contributed by atoms with Crippen molar-refractivity contribution in [3.05, 3.63) is 77.3 Å². The molecule has 0 aliphatic heterocycles. The van der Waals surface area contributed by atoms with Gasteiger partial charge in [-0.2, -0.15) is 27.1 Å². The van der Waals surface area contributed by atoms with Gasteiger partial charge in [0.05, 0.1) is 16.6 Å². The summed E-state index contributed by atoms with van der Waals surface area (Å²) in [6.07, 6.45) is -1.12. The highest BCUT2D eigenvalue weighted by Crippen LogP contribution is 2.29. The second-order valence-electron chi connectivity index (χ2n) is 8.23. The SMILES string of the molecule is Cn1cc2cc(-n3cc4ccc(NCC(F)(F)F)nc4c(-c4ccc(OC(F)F)cc4)c3=O)ccc2n1. The van der Waals surface area contributed by atoms with E-state index in [0.717, 1.165) is 10.9 Å². The molecule has 0 fully saturated rings. The number of halogens is 5. The third kappa shape index (κ3) is 5.08. The van der Waals surface area contributed by atoms with E-state index in [4.69, 9.17) is 0 Å². The van der Waals surface area contributed by atoms with Crippen molar-refractivity contribution in [2.45, 2.75) is 12.8 Å². The Labute approximate surface area is 205 Å². The monoisotopic (exact) mass is 515 g/mol. The van der Waals surface area contributed by atoms with Crippen LogP contribution in [0.4, 0.5) is 27.8 Å². The van der Waals surface area contributed by atoms with Crippen molar-refractivity contribution in [2.75, 3.05) is 11.9 Å². The number of nitrogens with one attached hydrogen (secondary N) is 1. The molecule has 1 N–H and O–H groups in total. The van der Waals surface area contributed by atoms with Crippen LogP contribution in [0.2, 0.25) is 0 Å². The van der Waals surface area contributed by atoms with Gasteiger partial charge in [0, 0.05) is 35.9 Å². The van der Waals surface area contributed by atoms with Crippen LogP contribution >= 0.6 is 0 Å². The largest absolute Gasteiger partial charge is 0.435 e. The van der Waals surface area contributed by atoms with Gasteiger partial charge in [-0.1, -0.05) is 12.1 Å². The number of rotatable bonds is 6. The number of hydrogen-bond acceptors (Lipinski definition) is 5. The normalized spacial score (nSPS) is 12.0. The maximum atomic E-state index is 13.8. The Kier molecular flexibility index (Phi) is 6.02. The Morgan fingerprint density at radius 2 is 1.76 bits per heavy atom. The number of pyridine rings is 2. The average molecular weight is 515 g/mol. The Balaban J connectivity index is 1.69. The van der Waals surface area contributed by atoms with Gasteiger partial charge >= 0.3 is 12.8 Å². The highest BCUT2D eigenvalue weighted by atomic mass is 19.4. The van der Waals surface area contributed by atoms with Gasteiger partial charge in [-0.25, -0.2) is 4.98 Å². The van der Waals surface area contributed by atoms with Gasteiger partial charge in [-0.15, -0.1) is 0 Å². The van der Waals surface area contributed by atoms with Crippen molar-refractivity contribution < 1.29 is 26.7 Å². The molecular weight excluding hydrogens is 497 g/mol. The molecule has 3 heterocycles. The number of fused-ring (bicyclic) bond motifs is 2. The van der Waals surface area contributed by atoms with Crippen molar-refractivity contribution in [3.8, 4) is 22.6 Å². The Hall–Kier alpha value is -4.48. The number of ether oxygens (including phenoxy) is 1. The fraction of sp³-hybridized carbons (Fsp3) is 0.160. The maximum Gasteiger partial charge on any atom is 0.405 e. The number of benzene rings is 2. The molecule has 7 nitrogen and oxygen atoms in total. The third-order valence-corrected chi connectivity index (χ3v) is 5.58. The average Bonchev–Trinajstić information content (AvgIpc) is 3.21. The maximum absolute atomic E-state index is 13.8. The molecule has 0 radical (unpaired) electrons. The van der Waals surface area contributed by atoms with Gasteiger partial charge in [-0.05, 0) is 48.0 Å². The first-order valence-corrected chi connectivity index (χ1v) is 10.9. The van der Waals surface area contributed by atoms with Crippen molar-refractivity contribution >= 4 is 27.6 Å². The molecule has 0 amide bonds. The van der Waals surface area contributed by atoms with Crippen molar-refractivity contribution in [1.82, 2.24) is 19.3 Å². The second-order valence-corrected chi connectivity index (χ2v) is 8.23. The highest BCUT2D eigenvalue weighted by molar-refractivity contribution is 5.94. The summed E-state index contributed by atoms with van der Waals surface area (Å²) in [5.41, 5.74) is 1.33. The first kappa shape index (κ1) is 24.2. The number of aryl methyl sites for hydroxylation is 1. The zero-order valence-electron chi connectivity index (χ0n) is 19.1. The lowest BCUT2D eigenvalue weighted by Gasteiger charge is -2.14. The van der Waals surface area contributed by atoms with E-state index in [0.29, 0.717) is 16.6 Å². The molecule has 37 heavy (non-hydrogen) atoms. The fourth-order valence-electron chi connectivity index (χ4n) is 4.02. The lowest BCUT2D eigenvalue weighted by molar-refractivity contribution is -0.115. The van der Waals surface area contributed by atoms with E-state index in [1.54, 1.807) is 48.4 Å². The lowest BCUT2D eigenvalue weighted by atomic mass is 10.0. The summed E-state index contributed by atoms with van der Waals surface area (Å²) in [4.78, 5) is 18.1. The van der Waals surface area contributed by atoms with Crippen LogP contribution in [0, 0.1) is 0 Å². The van der Waals surface area contributed by atoms with Crippen molar-refractivity contribution in [1.29, 1.82) is 0 Å². The molecule has 12 heteroatoms. The predicted octanol–water partition coefficient (Wildman–Crippen LogP) is 5.52. The minimum absolute atomic E-state index is 0.0716.